The van der Waals surface area contributed by atoms with Crippen LogP contribution in [0.3, 0.4) is 0 Å². The quantitative estimate of drug-likeness (QED) is 0.563. The monoisotopic (exact) mass is 211 g/mol. The summed E-state index contributed by atoms with van der Waals surface area (Å²) in [7, 11) is 0. The van der Waals surface area contributed by atoms with Crippen molar-refractivity contribution in [2.45, 2.75) is 19.4 Å². The van der Waals surface area contributed by atoms with Crippen LogP contribution in [0.1, 0.15) is 13.3 Å². The van der Waals surface area contributed by atoms with Crippen molar-refractivity contribution in [3.63, 3.8) is 0 Å². The van der Waals surface area contributed by atoms with Crippen LogP contribution >= 0.6 is 0 Å². The topological polar surface area (TPSA) is 88.3 Å². The van der Waals surface area contributed by atoms with Gasteiger partial charge in [0.2, 0.25) is 0 Å². The molecule has 0 aromatic carbocycles. The maximum Gasteiger partial charge on any atom is 0.363 e. The van der Waals surface area contributed by atoms with E-state index in [-0.39, 0.29) is 18.5 Å². The molecule has 1 aromatic rings. The van der Waals surface area contributed by atoms with E-state index >= 15 is 0 Å². The summed E-state index contributed by atoms with van der Waals surface area (Å²) < 4.78 is 0. The summed E-state index contributed by atoms with van der Waals surface area (Å²) in [4.78, 5) is 13.5. The predicted molar refractivity (Wildman–Crippen MR) is 55.7 cm³/mol. The van der Waals surface area contributed by atoms with Gasteiger partial charge in [0.15, 0.2) is 6.20 Å². The number of nitro groups is 1. The van der Waals surface area contributed by atoms with Crippen LogP contribution in [0, 0.1) is 10.1 Å². The Bertz CT molecular complexity index is 326. The Balaban J connectivity index is 2.60. The summed E-state index contributed by atoms with van der Waals surface area (Å²) in [6.45, 7) is 2.02. The van der Waals surface area contributed by atoms with Crippen molar-refractivity contribution in [2.24, 2.45) is 0 Å². The summed E-state index contributed by atoms with van der Waals surface area (Å²) in [6, 6.07) is 3.05. The number of anilines is 1. The molecule has 6 nitrogen and oxygen atoms in total. The molecule has 0 aliphatic heterocycles. The van der Waals surface area contributed by atoms with Gasteiger partial charge in [-0.3, -0.25) is 0 Å². The van der Waals surface area contributed by atoms with Gasteiger partial charge in [-0.05, 0) is 29.3 Å². The molecule has 0 aliphatic carbocycles. The first-order valence-electron chi connectivity index (χ1n) is 4.61. The van der Waals surface area contributed by atoms with Gasteiger partial charge in [0.1, 0.15) is 0 Å². The molecule has 6 heteroatoms. The second kappa shape index (κ2) is 5.26. The molecule has 15 heavy (non-hydrogen) atoms. The number of aromatic nitrogens is 1. The van der Waals surface area contributed by atoms with E-state index in [1.165, 1.54) is 12.3 Å². The predicted octanol–water partition coefficient (Wildman–Crippen LogP) is 1.17. The standard InChI is InChI=1S/C9H13N3O3/c1-7(4-5-13)11-8-2-3-9(10-6-8)12(14)15/h2-3,6-7,11,13H,4-5H2,1H3. The Morgan fingerprint density at radius 1 is 1.67 bits per heavy atom. The minimum atomic E-state index is -0.541. The van der Waals surface area contributed by atoms with Crippen LogP contribution in [0.25, 0.3) is 0 Å². The lowest BCUT2D eigenvalue weighted by atomic mass is 10.2. The summed E-state index contributed by atoms with van der Waals surface area (Å²) in [6.07, 6.45) is 2.03. The lowest BCUT2D eigenvalue weighted by Crippen LogP contribution is -2.16. The molecule has 1 atom stereocenters. The van der Waals surface area contributed by atoms with Crippen LogP contribution in [0.5, 0.6) is 0 Å². The zero-order valence-electron chi connectivity index (χ0n) is 8.38. The van der Waals surface area contributed by atoms with Gasteiger partial charge in [-0.15, -0.1) is 0 Å². The van der Waals surface area contributed by atoms with Crippen molar-refractivity contribution in [3.05, 3.63) is 28.4 Å². The summed E-state index contributed by atoms with van der Waals surface area (Å²) >= 11 is 0. The number of aliphatic hydroxyl groups is 1. The number of aliphatic hydroxyl groups excluding tert-OH is 1. The van der Waals surface area contributed by atoms with E-state index in [1.807, 2.05) is 6.92 Å². The van der Waals surface area contributed by atoms with Crippen LogP contribution in [0.15, 0.2) is 18.3 Å². The van der Waals surface area contributed by atoms with Gasteiger partial charge in [0, 0.05) is 18.7 Å². The Labute approximate surface area is 87.1 Å². The van der Waals surface area contributed by atoms with Crippen LogP contribution < -0.4 is 5.32 Å². The van der Waals surface area contributed by atoms with Gasteiger partial charge < -0.3 is 20.5 Å². The number of pyridine rings is 1. The average Bonchev–Trinajstić information content (AvgIpc) is 2.18. The third kappa shape index (κ3) is 3.51. The van der Waals surface area contributed by atoms with E-state index in [1.54, 1.807) is 6.07 Å². The molecule has 0 fully saturated rings. The number of hydrogen-bond donors (Lipinski definition) is 2. The van der Waals surface area contributed by atoms with E-state index in [0.29, 0.717) is 12.1 Å². The molecular formula is C9H13N3O3. The normalized spacial score (nSPS) is 12.1. The smallest absolute Gasteiger partial charge is 0.363 e. The molecule has 1 heterocycles. The highest BCUT2D eigenvalue weighted by Crippen LogP contribution is 2.12. The Hall–Kier alpha value is -1.69. The molecule has 0 aliphatic rings. The minimum Gasteiger partial charge on any atom is -0.396 e. The molecule has 0 saturated carbocycles. The first-order valence-corrected chi connectivity index (χ1v) is 4.61. The second-order valence-electron chi connectivity index (χ2n) is 3.22. The first-order chi connectivity index (χ1) is 7.13. The van der Waals surface area contributed by atoms with E-state index in [4.69, 9.17) is 5.11 Å². The van der Waals surface area contributed by atoms with E-state index in [2.05, 4.69) is 10.3 Å². The van der Waals surface area contributed by atoms with Gasteiger partial charge in [0.05, 0.1) is 5.69 Å². The Kier molecular flexibility index (Phi) is 3.99. The molecule has 2 N–H and O–H groups in total. The van der Waals surface area contributed by atoms with Crippen LogP contribution in [-0.4, -0.2) is 27.7 Å². The second-order valence-corrected chi connectivity index (χ2v) is 3.22. The van der Waals surface area contributed by atoms with Crippen molar-refractivity contribution >= 4 is 11.5 Å². The molecule has 1 aromatic heterocycles. The maximum atomic E-state index is 10.3. The summed E-state index contributed by atoms with van der Waals surface area (Å²) in [5, 5.41) is 22.1. The third-order valence-corrected chi connectivity index (χ3v) is 1.91. The molecule has 0 amide bonds. The molecular weight excluding hydrogens is 198 g/mol. The molecule has 0 radical (unpaired) electrons. The maximum absolute atomic E-state index is 10.3. The highest BCUT2D eigenvalue weighted by Gasteiger charge is 2.07. The zero-order valence-corrected chi connectivity index (χ0v) is 8.38. The number of rotatable bonds is 5. The molecule has 0 saturated heterocycles. The van der Waals surface area contributed by atoms with Crippen molar-refractivity contribution in [2.75, 3.05) is 11.9 Å². The van der Waals surface area contributed by atoms with Gasteiger partial charge in [-0.2, -0.15) is 0 Å². The highest BCUT2D eigenvalue weighted by atomic mass is 16.6. The lowest BCUT2D eigenvalue weighted by molar-refractivity contribution is -0.389. The van der Waals surface area contributed by atoms with Gasteiger partial charge in [0.25, 0.3) is 0 Å². The molecule has 1 unspecified atom stereocenters. The fourth-order valence-corrected chi connectivity index (χ4v) is 1.13. The largest absolute Gasteiger partial charge is 0.396 e. The van der Waals surface area contributed by atoms with Crippen LogP contribution in [0.4, 0.5) is 11.5 Å². The number of nitrogens with zero attached hydrogens (tertiary/aromatic N) is 2. The lowest BCUT2D eigenvalue weighted by Gasteiger charge is -2.11. The summed E-state index contributed by atoms with van der Waals surface area (Å²) in [5.74, 6) is -0.171. The fraction of sp³-hybridized carbons (Fsp3) is 0.444. The molecule has 0 spiro atoms. The Morgan fingerprint density at radius 3 is 2.87 bits per heavy atom. The number of hydrogen-bond acceptors (Lipinski definition) is 5. The van der Waals surface area contributed by atoms with E-state index in [0.717, 1.165) is 0 Å². The van der Waals surface area contributed by atoms with Crippen molar-refractivity contribution < 1.29 is 10.0 Å². The third-order valence-electron chi connectivity index (χ3n) is 1.91. The van der Waals surface area contributed by atoms with Crippen molar-refractivity contribution in [1.82, 2.24) is 4.98 Å². The first kappa shape index (κ1) is 11.4. The molecule has 0 bridgehead atoms. The van der Waals surface area contributed by atoms with E-state index in [9.17, 15) is 10.1 Å². The van der Waals surface area contributed by atoms with Gasteiger partial charge >= 0.3 is 5.82 Å². The summed E-state index contributed by atoms with van der Waals surface area (Å²) in [5.41, 5.74) is 0.710. The van der Waals surface area contributed by atoms with Crippen molar-refractivity contribution in [3.8, 4) is 0 Å². The van der Waals surface area contributed by atoms with Gasteiger partial charge in [-0.25, -0.2) is 0 Å². The average molecular weight is 211 g/mol. The highest BCUT2D eigenvalue weighted by molar-refractivity contribution is 5.44. The zero-order chi connectivity index (χ0) is 11.3. The minimum absolute atomic E-state index is 0.106. The SMILES string of the molecule is CC(CCO)Nc1ccc([N+](=O)[O-])nc1. The number of nitrogens with one attached hydrogen (secondary N) is 1. The molecule has 82 valence electrons. The Morgan fingerprint density at radius 2 is 2.40 bits per heavy atom. The fourth-order valence-electron chi connectivity index (χ4n) is 1.13. The van der Waals surface area contributed by atoms with Crippen LogP contribution in [-0.2, 0) is 0 Å². The van der Waals surface area contributed by atoms with Crippen molar-refractivity contribution in [1.29, 1.82) is 0 Å². The van der Waals surface area contributed by atoms with Crippen LogP contribution in [0.2, 0.25) is 0 Å². The van der Waals surface area contributed by atoms with Gasteiger partial charge in [-0.1, -0.05) is 0 Å². The molecule has 1 rings (SSSR count). The van der Waals surface area contributed by atoms with E-state index < -0.39 is 4.92 Å².